The van der Waals surface area contributed by atoms with Crippen molar-refractivity contribution in [2.75, 3.05) is 5.88 Å². The van der Waals surface area contributed by atoms with Crippen molar-refractivity contribution in [3.05, 3.63) is 11.6 Å². The van der Waals surface area contributed by atoms with Crippen LogP contribution in [0.1, 0.15) is 38.8 Å². The van der Waals surface area contributed by atoms with Crippen molar-refractivity contribution in [2.24, 2.45) is 0 Å². The van der Waals surface area contributed by atoms with E-state index in [-0.39, 0.29) is 5.41 Å². The molecule has 0 aromatic carbocycles. The fourth-order valence-corrected chi connectivity index (χ4v) is 2.42. The molecule has 0 saturated carbocycles. The van der Waals surface area contributed by atoms with Gasteiger partial charge in [0.05, 0.1) is 5.69 Å². The Balaban J connectivity index is 2.27. The van der Waals surface area contributed by atoms with Crippen LogP contribution < -0.4 is 0 Å². The second-order valence-corrected chi connectivity index (χ2v) is 6.13. The van der Waals surface area contributed by atoms with Crippen molar-refractivity contribution in [3.8, 4) is 10.8 Å². The van der Waals surface area contributed by atoms with Crippen molar-refractivity contribution in [1.29, 1.82) is 0 Å². The maximum atomic E-state index is 5.64. The molecule has 7 heteroatoms. The zero-order valence-electron chi connectivity index (χ0n) is 10.6. The van der Waals surface area contributed by atoms with E-state index in [0.29, 0.717) is 24.1 Å². The van der Waals surface area contributed by atoms with E-state index in [0.717, 1.165) is 17.0 Å². The van der Waals surface area contributed by atoms with Crippen LogP contribution in [0.5, 0.6) is 0 Å². The molecule has 2 rings (SSSR count). The Morgan fingerprint density at radius 3 is 2.67 bits per heavy atom. The normalized spacial score (nSPS) is 12.0. The zero-order chi connectivity index (χ0) is 13.2. The van der Waals surface area contributed by atoms with Gasteiger partial charge in [-0.3, -0.25) is 0 Å². The maximum absolute atomic E-state index is 5.64. The molecule has 0 atom stereocenters. The van der Waals surface area contributed by atoms with Crippen LogP contribution in [0.4, 0.5) is 0 Å². The van der Waals surface area contributed by atoms with Gasteiger partial charge in [-0.2, -0.15) is 0 Å². The summed E-state index contributed by atoms with van der Waals surface area (Å²) in [6, 6.07) is 0. The Kier molecular flexibility index (Phi) is 3.97. The van der Waals surface area contributed by atoms with Crippen LogP contribution in [0.3, 0.4) is 0 Å². The first-order valence-electron chi connectivity index (χ1n) is 5.74. The average molecular weight is 287 g/mol. The van der Waals surface area contributed by atoms with E-state index in [2.05, 4.69) is 40.6 Å². The van der Waals surface area contributed by atoms with E-state index in [1.165, 1.54) is 11.5 Å². The molecule has 0 fully saturated rings. The van der Waals surface area contributed by atoms with Crippen LogP contribution in [0, 0.1) is 0 Å². The minimum absolute atomic E-state index is 0.0902. The van der Waals surface area contributed by atoms with Crippen molar-refractivity contribution >= 4 is 23.1 Å². The lowest BCUT2D eigenvalue weighted by molar-refractivity contribution is 0.499. The molecule has 0 unspecified atom stereocenters. The quantitative estimate of drug-likeness (QED) is 0.808. The highest BCUT2D eigenvalue weighted by molar-refractivity contribution is 7.09. The summed E-state index contributed by atoms with van der Waals surface area (Å²) < 4.78 is 9.59. The van der Waals surface area contributed by atoms with Gasteiger partial charge in [0.25, 0.3) is 5.89 Å². The fourth-order valence-electron chi connectivity index (χ4n) is 1.49. The smallest absolute Gasteiger partial charge is 0.261 e. The van der Waals surface area contributed by atoms with E-state index >= 15 is 0 Å². The van der Waals surface area contributed by atoms with Gasteiger partial charge in [0.2, 0.25) is 5.89 Å². The number of aromatic nitrogens is 4. The Bertz CT molecular complexity index is 517. The monoisotopic (exact) mass is 286 g/mol. The molecule has 0 aliphatic carbocycles. The number of aryl methyl sites for hydroxylation is 1. The summed E-state index contributed by atoms with van der Waals surface area (Å²) in [5.41, 5.74) is 0.799. The van der Waals surface area contributed by atoms with Gasteiger partial charge in [0.15, 0.2) is 0 Å². The summed E-state index contributed by atoms with van der Waals surface area (Å²) in [5, 5.41) is 12.2. The Morgan fingerprint density at radius 1 is 1.22 bits per heavy atom. The third-order valence-electron chi connectivity index (χ3n) is 2.38. The van der Waals surface area contributed by atoms with Gasteiger partial charge in [-0.05, 0) is 18.0 Å². The fraction of sp³-hybridized carbons (Fsp3) is 0.636. The molecule has 0 amide bonds. The molecule has 18 heavy (non-hydrogen) atoms. The van der Waals surface area contributed by atoms with Gasteiger partial charge in [-0.15, -0.1) is 26.9 Å². The Labute approximate surface area is 115 Å². The van der Waals surface area contributed by atoms with Crippen molar-refractivity contribution in [2.45, 2.75) is 39.0 Å². The summed E-state index contributed by atoms with van der Waals surface area (Å²) in [5.74, 6) is 1.70. The van der Waals surface area contributed by atoms with Crippen LogP contribution in [0.15, 0.2) is 4.42 Å². The van der Waals surface area contributed by atoms with E-state index in [9.17, 15) is 0 Å². The molecule has 2 aromatic heterocycles. The molecule has 0 bridgehead atoms. The van der Waals surface area contributed by atoms with Gasteiger partial charge in [-0.1, -0.05) is 25.3 Å². The second kappa shape index (κ2) is 5.32. The molecule has 0 saturated heterocycles. The van der Waals surface area contributed by atoms with Crippen LogP contribution in [-0.2, 0) is 11.8 Å². The van der Waals surface area contributed by atoms with Crippen LogP contribution >= 0.6 is 23.1 Å². The number of hydrogen-bond donors (Lipinski definition) is 0. The lowest BCUT2D eigenvalue weighted by Crippen LogP contribution is -2.13. The molecule has 0 radical (unpaired) electrons. The number of hydrogen-bond acceptors (Lipinski definition) is 6. The topological polar surface area (TPSA) is 64.7 Å². The van der Waals surface area contributed by atoms with Crippen LogP contribution in [0.2, 0.25) is 0 Å². The first-order chi connectivity index (χ1) is 8.52. The van der Waals surface area contributed by atoms with Gasteiger partial charge >= 0.3 is 0 Å². The highest BCUT2D eigenvalue weighted by Crippen LogP contribution is 2.33. The molecule has 5 nitrogen and oxygen atoms in total. The number of nitrogens with zero attached hydrogens (tertiary/aromatic N) is 4. The molecule has 0 N–H and O–H groups in total. The summed E-state index contributed by atoms with van der Waals surface area (Å²) in [6.45, 7) is 6.24. The van der Waals surface area contributed by atoms with Gasteiger partial charge in [0.1, 0.15) is 4.88 Å². The van der Waals surface area contributed by atoms with Gasteiger partial charge < -0.3 is 4.42 Å². The molecule has 0 aliphatic heterocycles. The molecule has 98 valence electrons. The van der Waals surface area contributed by atoms with Crippen LogP contribution in [-0.4, -0.2) is 25.7 Å². The predicted octanol–water partition coefficient (Wildman–Crippen LogP) is 3.06. The van der Waals surface area contributed by atoms with E-state index in [1.807, 2.05) is 0 Å². The summed E-state index contributed by atoms with van der Waals surface area (Å²) in [6.07, 6.45) is 1.53. The average Bonchev–Trinajstić information content (AvgIpc) is 2.93. The summed E-state index contributed by atoms with van der Waals surface area (Å²) >= 11 is 6.92. The molecule has 0 aliphatic rings. The first kappa shape index (κ1) is 13.4. The second-order valence-electron chi connectivity index (χ2n) is 4.99. The third kappa shape index (κ3) is 2.87. The van der Waals surface area contributed by atoms with Gasteiger partial charge in [-0.25, -0.2) is 0 Å². The predicted molar refractivity (Wildman–Crippen MR) is 70.9 cm³/mol. The lowest BCUT2D eigenvalue weighted by Gasteiger charge is -2.14. The molecule has 2 aromatic rings. The first-order valence-corrected chi connectivity index (χ1v) is 7.04. The Morgan fingerprint density at radius 2 is 2.00 bits per heavy atom. The molecular weight excluding hydrogens is 272 g/mol. The van der Waals surface area contributed by atoms with E-state index in [1.54, 1.807) is 0 Å². The maximum Gasteiger partial charge on any atom is 0.261 e. The van der Waals surface area contributed by atoms with E-state index < -0.39 is 0 Å². The SMILES string of the molecule is CC(C)(C)c1nnsc1-c1nnc(CCCCl)o1. The van der Waals surface area contributed by atoms with E-state index in [4.69, 9.17) is 16.0 Å². The number of alkyl halides is 1. The summed E-state index contributed by atoms with van der Waals surface area (Å²) in [4.78, 5) is 0.854. The zero-order valence-corrected chi connectivity index (χ0v) is 12.2. The van der Waals surface area contributed by atoms with Crippen LogP contribution in [0.25, 0.3) is 10.8 Å². The van der Waals surface area contributed by atoms with Crippen molar-refractivity contribution in [1.82, 2.24) is 19.8 Å². The standard InChI is InChI=1S/C11H15ClN4OS/c1-11(2,3)9-8(18-16-14-9)10-15-13-7(17-10)5-4-6-12/h4-6H2,1-3H3. The number of rotatable bonds is 4. The Hall–Kier alpha value is -1.01. The minimum Gasteiger partial charge on any atom is -0.420 e. The highest BCUT2D eigenvalue weighted by atomic mass is 35.5. The van der Waals surface area contributed by atoms with Crippen molar-refractivity contribution < 1.29 is 4.42 Å². The third-order valence-corrected chi connectivity index (χ3v) is 3.36. The highest BCUT2D eigenvalue weighted by Gasteiger charge is 2.26. The number of halogens is 1. The summed E-state index contributed by atoms with van der Waals surface area (Å²) in [7, 11) is 0. The minimum atomic E-state index is -0.0902. The van der Waals surface area contributed by atoms with Gasteiger partial charge in [0, 0.05) is 17.7 Å². The molecular formula is C11H15ClN4OS. The lowest BCUT2D eigenvalue weighted by atomic mass is 9.91. The van der Waals surface area contributed by atoms with Crippen molar-refractivity contribution in [3.63, 3.8) is 0 Å². The molecule has 0 spiro atoms. The largest absolute Gasteiger partial charge is 0.420 e. The molecule has 2 heterocycles.